The van der Waals surface area contributed by atoms with Crippen LogP contribution in [0.1, 0.15) is 19.3 Å². The molecule has 0 N–H and O–H groups in total. The fraction of sp³-hybridized carbons (Fsp3) is 0.417. The second-order valence-electron chi connectivity index (χ2n) is 3.85. The Kier molecular flexibility index (Phi) is 2.90. The van der Waals surface area contributed by atoms with Gasteiger partial charge in [0.1, 0.15) is 19.1 Å². The first-order chi connectivity index (χ1) is 7.35. The van der Waals surface area contributed by atoms with Gasteiger partial charge in [-0.1, -0.05) is 23.8 Å². The van der Waals surface area contributed by atoms with Crippen molar-refractivity contribution in [3.05, 3.63) is 36.3 Å². The number of aldehydes is 1. The Morgan fingerprint density at radius 3 is 3.00 bits per heavy atom. The summed E-state index contributed by atoms with van der Waals surface area (Å²) in [5.74, 6) is 0. The zero-order valence-corrected chi connectivity index (χ0v) is 8.52. The predicted molar refractivity (Wildman–Crippen MR) is 56.0 cm³/mol. The fourth-order valence-electron chi connectivity index (χ4n) is 1.81. The van der Waals surface area contributed by atoms with E-state index in [2.05, 4.69) is 12.2 Å². The SMILES string of the molecule is O=CC1(CC2=CC=CCC2)COC=CO1. The molecule has 3 nitrogen and oxygen atoms in total. The number of carbonyl (C=O) groups is 1. The third kappa shape index (κ3) is 2.29. The van der Waals surface area contributed by atoms with Gasteiger partial charge in [0.05, 0.1) is 0 Å². The van der Waals surface area contributed by atoms with Crippen LogP contribution >= 0.6 is 0 Å². The van der Waals surface area contributed by atoms with E-state index in [1.807, 2.05) is 6.08 Å². The van der Waals surface area contributed by atoms with Crippen LogP contribution in [0, 0.1) is 0 Å². The van der Waals surface area contributed by atoms with Crippen LogP contribution in [0.5, 0.6) is 0 Å². The summed E-state index contributed by atoms with van der Waals surface area (Å²) in [4.78, 5) is 11.1. The molecule has 0 bridgehead atoms. The maximum absolute atomic E-state index is 11.1. The van der Waals surface area contributed by atoms with E-state index in [9.17, 15) is 4.79 Å². The van der Waals surface area contributed by atoms with Gasteiger partial charge in [0, 0.05) is 6.42 Å². The van der Waals surface area contributed by atoms with Crippen LogP contribution in [0.2, 0.25) is 0 Å². The molecule has 0 spiro atoms. The molecular weight excluding hydrogens is 192 g/mol. The molecule has 0 saturated carbocycles. The van der Waals surface area contributed by atoms with Crippen molar-refractivity contribution >= 4 is 6.29 Å². The van der Waals surface area contributed by atoms with E-state index < -0.39 is 5.60 Å². The van der Waals surface area contributed by atoms with Crippen molar-refractivity contribution in [3.8, 4) is 0 Å². The first-order valence-electron chi connectivity index (χ1n) is 5.10. The zero-order chi connectivity index (χ0) is 10.6. The van der Waals surface area contributed by atoms with Gasteiger partial charge in [-0.2, -0.15) is 0 Å². The number of ether oxygens (including phenoxy) is 2. The number of allylic oxidation sites excluding steroid dienone is 3. The zero-order valence-electron chi connectivity index (χ0n) is 8.52. The van der Waals surface area contributed by atoms with Crippen molar-refractivity contribution in [1.82, 2.24) is 0 Å². The lowest BCUT2D eigenvalue weighted by atomic mass is 9.91. The molecule has 1 atom stereocenters. The summed E-state index contributed by atoms with van der Waals surface area (Å²) in [7, 11) is 0. The van der Waals surface area contributed by atoms with Crippen LogP contribution in [-0.4, -0.2) is 18.5 Å². The third-order valence-electron chi connectivity index (χ3n) is 2.62. The van der Waals surface area contributed by atoms with Crippen molar-refractivity contribution in [3.63, 3.8) is 0 Å². The molecule has 1 heterocycles. The highest BCUT2D eigenvalue weighted by Gasteiger charge is 2.34. The summed E-state index contributed by atoms with van der Waals surface area (Å²) >= 11 is 0. The van der Waals surface area contributed by atoms with Crippen LogP contribution in [0.4, 0.5) is 0 Å². The summed E-state index contributed by atoms with van der Waals surface area (Å²) in [5.41, 5.74) is 0.426. The molecular formula is C12H14O3. The van der Waals surface area contributed by atoms with Gasteiger partial charge in [0.2, 0.25) is 5.60 Å². The minimum absolute atomic E-state index is 0.300. The fourth-order valence-corrected chi connectivity index (χ4v) is 1.81. The van der Waals surface area contributed by atoms with Crippen molar-refractivity contribution in [2.75, 3.05) is 6.61 Å². The topological polar surface area (TPSA) is 35.5 Å². The largest absolute Gasteiger partial charge is 0.493 e. The third-order valence-corrected chi connectivity index (χ3v) is 2.62. The van der Waals surface area contributed by atoms with E-state index in [1.54, 1.807) is 0 Å². The van der Waals surface area contributed by atoms with Gasteiger partial charge >= 0.3 is 0 Å². The molecule has 0 radical (unpaired) electrons. The van der Waals surface area contributed by atoms with E-state index >= 15 is 0 Å². The lowest BCUT2D eigenvalue weighted by molar-refractivity contribution is -0.133. The van der Waals surface area contributed by atoms with Crippen molar-refractivity contribution < 1.29 is 14.3 Å². The number of hydrogen-bond donors (Lipinski definition) is 0. The van der Waals surface area contributed by atoms with Crippen molar-refractivity contribution in [2.45, 2.75) is 24.9 Å². The average Bonchev–Trinajstić information content (AvgIpc) is 2.32. The summed E-state index contributed by atoms with van der Waals surface area (Å²) in [6.07, 6.45) is 12.6. The molecule has 2 aliphatic rings. The van der Waals surface area contributed by atoms with Gasteiger partial charge < -0.3 is 9.47 Å². The maximum atomic E-state index is 11.1. The smallest absolute Gasteiger partial charge is 0.200 e. The molecule has 0 aromatic heterocycles. The lowest BCUT2D eigenvalue weighted by Gasteiger charge is -2.30. The molecule has 0 amide bonds. The summed E-state index contributed by atoms with van der Waals surface area (Å²) in [5, 5.41) is 0. The number of carbonyl (C=O) groups excluding carboxylic acids is 1. The predicted octanol–water partition coefficient (Wildman–Crippen LogP) is 2.11. The first kappa shape index (κ1) is 10.0. The molecule has 0 saturated heterocycles. The number of rotatable bonds is 3. The highest BCUT2D eigenvalue weighted by molar-refractivity contribution is 5.64. The summed E-state index contributed by atoms with van der Waals surface area (Å²) in [6, 6.07) is 0. The minimum atomic E-state index is -0.814. The van der Waals surface area contributed by atoms with Crippen LogP contribution in [0.3, 0.4) is 0 Å². The van der Waals surface area contributed by atoms with E-state index in [0.29, 0.717) is 13.0 Å². The molecule has 1 aliphatic heterocycles. The standard InChI is InChI=1S/C12H14O3/c13-9-12(10-14-6-7-15-12)8-11-4-2-1-3-5-11/h1-2,4,6-7,9H,3,5,8,10H2. The highest BCUT2D eigenvalue weighted by atomic mass is 16.6. The second kappa shape index (κ2) is 4.34. The Balaban J connectivity index is 2.07. The highest BCUT2D eigenvalue weighted by Crippen LogP contribution is 2.27. The van der Waals surface area contributed by atoms with Crippen LogP contribution < -0.4 is 0 Å². The Bertz CT molecular complexity index is 328. The van der Waals surface area contributed by atoms with Gasteiger partial charge in [-0.25, -0.2) is 0 Å². The molecule has 0 fully saturated rings. The van der Waals surface area contributed by atoms with Gasteiger partial charge in [-0.05, 0) is 12.8 Å². The minimum Gasteiger partial charge on any atom is -0.493 e. The molecule has 1 aliphatic carbocycles. The summed E-state index contributed by atoms with van der Waals surface area (Å²) in [6.45, 7) is 0.300. The Labute approximate surface area is 89.1 Å². The van der Waals surface area contributed by atoms with E-state index in [4.69, 9.17) is 9.47 Å². The normalized spacial score (nSPS) is 28.9. The van der Waals surface area contributed by atoms with Crippen molar-refractivity contribution in [2.24, 2.45) is 0 Å². The molecule has 15 heavy (non-hydrogen) atoms. The summed E-state index contributed by atoms with van der Waals surface area (Å²) < 4.78 is 10.5. The van der Waals surface area contributed by atoms with Gasteiger partial charge in [0.15, 0.2) is 6.29 Å². The van der Waals surface area contributed by atoms with Gasteiger partial charge in [0.25, 0.3) is 0 Å². The van der Waals surface area contributed by atoms with E-state index in [1.165, 1.54) is 18.1 Å². The molecule has 1 unspecified atom stereocenters. The number of hydrogen-bond acceptors (Lipinski definition) is 3. The Hall–Kier alpha value is -1.51. The maximum Gasteiger partial charge on any atom is 0.200 e. The first-order valence-corrected chi connectivity index (χ1v) is 5.10. The molecule has 80 valence electrons. The molecule has 0 aromatic rings. The second-order valence-corrected chi connectivity index (χ2v) is 3.85. The average molecular weight is 206 g/mol. The lowest BCUT2D eigenvalue weighted by Crippen LogP contribution is -2.40. The quantitative estimate of drug-likeness (QED) is 0.663. The van der Waals surface area contributed by atoms with Crippen LogP contribution in [0.15, 0.2) is 36.3 Å². The van der Waals surface area contributed by atoms with E-state index in [-0.39, 0.29) is 0 Å². The Morgan fingerprint density at radius 1 is 1.47 bits per heavy atom. The van der Waals surface area contributed by atoms with Crippen molar-refractivity contribution in [1.29, 1.82) is 0 Å². The van der Waals surface area contributed by atoms with Gasteiger partial charge in [-0.3, -0.25) is 4.79 Å². The Morgan fingerprint density at radius 2 is 2.40 bits per heavy atom. The molecule has 3 heteroatoms. The molecule has 0 aromatic carbocycles. The van der Waals surface area contributed by atoms with Crippen LogP contribution in [-0.2, 0) is 14.3 Å². The monoisotopic (exact) mass is 206 g/mol. The van der Waals surface area contributed by atoms with Gasteiger partial charge in [-0.15, -0.1) is 0 Å². The van der Waals surface area contributed by atoms with Crippen LogP contribution in [0.25, 0.3) is 0 Å². The van der Waals surface area contributed by atoms with E-state index in [0.717, 1.165) is 19.1 Å². The molecule has 2 rings (SSSR count).